The van der Waals surface area contributed by atoms with Crippen molar-refractivity contribution >= 4 is 9.84 Å². The molecule has 4 heterocycles. The minimum Gasteiger partial charge on any atom is -0.308 e. The monoisotopic (exact) mass is 342 g/mol. The van der Waals surface area contributed by atoms with E-state index in [0.717, 1.165) is 31.6 Å². The lowest BCUT2D eigenvalue weighted by Gasteiger charge is -2.52. The second-order valence-electron chi connectivity index (χ2n) is 8.04. The largest absolute Gasteiger partial charge is 0.308 e. The molecular weight excluding hydrogens is 312 g/mol. The van der Waals surface area contributed by atoms with Crippen molar-refractivity contribution in [2.45, 2.75) is 43.6 Å². The molecule has 132 valence electrons. The van der Waals surface area contributed by atoms with E-state index in [0.29, 0.717) is 17.7 Å². The first-order valence-electron chi connectivity index (χ1n) is 9.04. The van der Waals surface area contributed by atoms with E-state index in [-0.39, 0.29) is 12.1 Å². The summed E-state index contributed by atoms with van der Waals surface area (Å²) in [5.41, 5.74) is 0. The summed E-state index contributed by atoms with van der Waals surface area (Å²) in [6.07, 6.45) is 4.25. The second-order valence-corrected chi connectivity index (χ2v) is 10.2. The molecule has 0 aliphatic carbocycles. The van der Waals surface area contributed by atoms with E-state index in [1.54, 1.807) is 0 Å². The zero-order chi connectivity index (χ0) is 16.2. The van der Waals surface area contributed by atoms with Crippen molar-refractivity contribution in [1.82, 2.24) is 20.0 Å². The average Bonchev–Trinajstić information content (AvgIpc) is 2.83. The zero-order valence-corrected chi connectivity index (χ0v) is 15.1. The van der Waals surface area contributed by atoms with Gasteiger partial charge in [0.25, 0.3) is 0 Å². The van der Waals surface area contributed by atoms with Crippen LogP contribution in [0.2, 0.25) is 0 Å². The van der Waals surface area contributed by atoms with Gasteiger partial charge in [-0.25, -0.2) is 8.42 Å². The van der Waals surface area contributed by atoms with Crippen molar-refractivity contribution in [2.75, 3.05) is 51.8 Å². The Labute approximate surface area is 140 Å². The molecule has 0 aromatic rings. The van der Waals surface area contributed by atoms with Crippen LogP contribution < -0.4 is 5.32 Å². The van der Waals surface area contributed by atoms with E-state index < -0.39 is 9.84 Å². The summed E-state index contributed by atoms with van der Waals surface area (Å²) in [6, 6.07) is 1.02. The standard InChI is InChI=1S/C16H30N4O2S/c1-18-6-3-4-12-9-20(7-5-14(12)18)16-8-17-13-10-23(21,22)11-15(13)19(16)2/h12-17H,3-11H2,1-2H3. The summed E-state index contributed by atoms with van der Waals surface area (Å²) in [7, 11) is 1.53. The number of fused-ring (bicyclic) bond motifs is 2. The molecule has 4 saturated heterocycles. The van der Waals surface area contributed by atoms with Gasteiger partial charge in [-0.15, -0.1) is 0 Å². The molecule has 4 aliphatic rings. The van der Waals surface area contributed by atoms with Crippen molar-refractivity contribution in [3.05, 3.63) is 0 Å². The molecule has 7 heteroatoms. The fraction of sp³-hybridized carbons (Fsp3) is 1.00. The van der Waals surface area contributed by atoms with Crippen LogP contribution in [0.4, 0.5) is 0 Å². The van der Waals surface area contributed by atoms with Crippen LogP contribution in [0.15, 0.2) is 0 Å². The first-order valence-corrected chi connectivity index (χ1v) is 10.9. The number of sulfone groups is 1. The summed E-state index contributed by atoms with van der Waals surface area (Å²) in [5.74, 6) is 1.41. The van der Waals surface area contributed by atoms with Gasteiger partial charge in [-0.3, -0.25) is 9.80 Å². The third-order valence-electron chi connectivity index (χ3n) is 6.68. The van der Waals surface area contributed by atoms with Gasteiger partial charge in [0.2, 0.25) is 0 Å². The SMILES string of the molecule is CN1CCCC2CN(C3CNC4CS(=O)(=O)CC4N3C)CCC21. The van der Waals surface area contributed by atoms with Crippen LogP contribution in [0.25, 0.3) is 0 Å². The van der Waals surface area contributed by atoms with Crippen LogP contribution in [0.3, 0.4) is 0 Å². The number of likely N-dealkylation sites (tertiary alicyclic amines) is 2. The van der Waals surface area contributed by atoms with Gasteiger partial charge in [0, 0.05) is 37.8 Å². The average molecular weight is 343 g/mol. The van der Waals surface area contributed by atoms with Gasteiger partial charge in [-0.2, -0.15) is 0 Å². The Hall–Kier alpha value is -0.210. The third kappa shape index (κ3) is 2.95. The number of nitrogens with zero attached hydrogens (tertiary/aromatic N) is 3. The maximum atomic E-state index is 12.0. The first-order chi connectivity index (χ1) is 10.9. The van der Waals surface area contributed by atoms with Crippen molar-refractivity contribution in [1.29, 1.82) is 0 Å². The molecule has 5 unspecified atom stereocenters. The van der Waals surface area contributed by atoms with Crippen LogP contribution >= 0.6 is 0 Å². The summed E-state index contributed by atoms with van der Waals surface area (Å²) in [6.45, 7) is 4.43. The highest BCUT2D eigenvalue weighted by Crippen LogP contribution is 2.32. The fourth-order valence-corrected chi connectivity index (χ4v) is 7.40. The van der Waals surface area contributed by atoms with Gasteiger partial charge in [0.15, 0.2) is 9.84 Å². The van der Waals surface area contributed by atoms with Crippen LogP contribution in [0, 0.1) is 5.92 Å². The summed E-state index contributed by atoms with van der Waals surface area (Å²) in [4.78, 5) is 7.50. The number of hydrogen-bond acceptors (Lipinski definition) is 6. The molecule has 1 N–H and O–H groups in total. The first kappa shape index (κ1) is 16.3. The number of likely N-dealkylation sites (N-methyl/N-ethyl adjacent to an activating group) is 1. The molecule has 0 bridgehead atoms. The van der Waals surface area contributed by atoms with E-state index in [9.17, 15) is 8.42 Å². The minimum absolute atomic E-state index is 0.125. The lowest BCUT2D eigenvalue weighted by molar-refractivity contribution is -0.0468. The summed E-state index contributed by atoms with van der Waals surface area (Å²) < 4.78 is 23.9. The normalized spacial score (nSPS) is 45.6. The van der Waals surface area contributed by atoms with Crippen LogP contribution in [-0.4, -0.2) is 99.2 Å². The summed E-state index contributed by atoms with van der Waals surface area (Å²) >= 11 is 0. The maximum absolute atomic E-state index is 12.0. The Bertz CT molecular complexity index is 554. The van der Waals surface area contributed by atoms with Gasteiger partial charge in [-0.1, -0.05) is 0 Å². The predicted molar refractivity (Wildman–Crippen MR) is 91.1 cm³/mol. The Balaban J connectivity index is 1.45. The fourth-order valence-electron chi connectivity index (χ4n) is 5.39. The Morgan fingerprint density at radius 2 is 1.87 bits per heavy atom. The van der Waals surface area contributed by atoms with E-state index in [2.05, 4.69) is 34.1 Å². The van der Waals surface area contributed by atoms with E-state index in [1.807, 2.05) is 0 Å². The van der Waals surface area contributed by atoms with Gasteiger partial charge in [0.1, 0.15) is 0 Å². The molecule has 4 fully saturated rings. The minimum atomic E-state index is -2.87. The molecule has 0 radical (unpaired) electrons. The highest BCUT2D eigenvalue weighted by molar-refractivity contribution is 7.91. The smallest absolute Gasteiger partial charge is 0.153 e. The molecule has 5 atom stereocenters. The molecule has 23 heavy (non-hydrogen) atoms. The van der Waals surface area contributed by atoms with E-state index >= 15 is 0 Å². The Morgan fingerprint density at radius 3 is 2.70 bits per heavy atom. The zero-order valence-electron chi connectivity index (χ0n) is 14.3. The molecular formula is C16H30N4O2S. The highest BCUT2D eigenvalue weighted by atomic mass is 32.2. The molecule has 4 rings (SSSR count). The number of rotatable bonds is 1. The Kier molecular flexibility index (Phi) is 4.21. The second kappa shape index (κ2) is 5.95. The van der Waals surface area contributed by atoms with E-state index in [1.165, 1.54) is 25.8 Å². The Morgan fingerprint density at radius 1 is 1.04 bits per heavy atom. The van der Waals surface area contributed by atoms with Gasteiger partial charge in [0.05, 0.1) is 17.7 Å². The number of hydrogen-bond donors (Lipinski definition) is 1. The maximum Gasteiger partial charge on any atom is 0.153 e. The predicted octanol–water partition coefficient (Wildman–Crippen LogP) is -0.571. The lowest BCUT2D eigenvalue weighted by Crippen LogP contribution is -2.67. The van der Waals surface area contributed by atoms with Crippen LogP contribution in [-0.2, 0) is 9.84 Å². The summed E-state index contributed by atoms with van der Waals surface area (Å²) in [5, 5.41) is 3.52. The molecule has 4 aliphatic heterocycles. The van der Waals surface area contributed by atoms with Gasteiger partial charge < -0.3 is 10.2 Å². The third-order valence-corrected chi connectivity index (χ3v) is 8.39. The van der Waals surface area contributed by atoms with Crippen molar-refractivity contribution < 1.29 is 8.42 Å². The molecule has 0 aromatic heterocycles. The number of piperazine rings is 1. The molecule has 0 aromatic carbocycles. The van der Waals surface area contributed by atoms with Crippen molar-refractivity contribution in [3.63, 3.8) is 0 Å². The molecule has 0 amide bonds. The molecule has 6 nitrogen and oxygen atoms in total. The van der Waals surface area contributed by atoms with Gasteiger partial charge in [-0.05, 0) is 45.8 Å². The van der Waals surface area contributed by atoms with E-state index in [4.69, 9.17) is 0 Å². The van der Waals surface area contributed by atoms with Gasteiger partial charge >= 0.3 is 0 Å². The number of piperidine rings is 2. The highest BCUT2D eigenvalue weighted by Gasteiger charge is 2.47. The molecule has 0 spiro atoms. The van der Waals surface area contributed by atoms with Crippen LogP contribution in [0.1, 0.15) is 19.3 Å². The van der Waals surface area contributed by atoms with Crippen molar-refractivity contribution in [3.8, 4) is 0 Å². The number of nitrogens with one attached hydrogen (secondary N) is 1. The molecule has 0 saturated carbocycles. The quantitative estimate of drug-likeness (QED) is 0.689. The van der Waals surface area contributed by atoms with Crippen LogP contribution in [0.5, 0.6) is 0 Å². The van der Waals surface area contributed by atoms with Crippen molar-refractivity contribution in [2.24, 2.45) is 5.92 Å². The topological polar surface area (TPSA) is 55.9 Å². The lowest BCUT2D eigenvalue weighted by atomic mass is 9.84.